The summed E-state index contributed by atoms with van der Waals surface area (Å²) in [5.74, 6) is 1.19. The minimum Gasteiger partial charge on any atom is -0.334 e. The van der Waals surface area contributed by atoms with Gasteiger partial charge < -0.3 is 4.52 Å². The Morgan fingerprint density at radius 2 is 1.70 bits per heavy atom. The van der Waals surface area contributed by atoms with Crippen molar-refractivity contribution in [1.29, 1.82) is 0 Å². The molecule has 0 radical (unpaired) electrons. The van der Waals surface area contributed by atoms with Crippen LogP contribution in [-0.2, 0) is 0 Å². The van der Waals surface area contributed by atoms with Gasteiger partial charge in [-0.15, -0.1) is 11.3 Å². The van der Waals surface area contributed by atoms with Crippen molar-refractivity contribution in [3.05, 3.63) is 60.0 Å². The third kappa shape index (κ3) is 1.82. The predicted octanol–water partition coefficient (Wildman–Crippen LogP) is 4.62. The first kappa shape index (κ1) is 11.4. The van der Waals surface area contributed by atoms with E-state index >= 15 is 0 Å². The van der Waals surface area contributed by atoms with Gasteiger partial charge in [0, 0.05) is 26.6 Å². The first-order valence-corrected chi connectivity index (χ1v) is 7.15. The van der Waals surface area contributed by atoms with Crippen molar-refractivity contribution in [3.8, 4) is 22.8 Å². The molecule has 2 aromatic heterocycles. The number of benzene rings is 2. The van der Waals surface area contributed by atoms with Gasteiger partial charge in [-0.2, -0.15) is 4.98 Å². The number of hydrogen-bond donors (Lipinski definition) is 0. The molecule has 2 heterocycles. The maximum absolute atomic E-state index is 5.37. The Hall–Kier alpha value is -2.46. The summed E-state index contributed by atoms with van der Waals surface area (Å²) in [6.45, 7) is 0. The molecule has 4 rings (SSSR count). The Kier molecular flexibility index (Phi) is 2.60. The number of hydrogen-bond acceptors (Lipinski definition) is 4. The van der Waals surface area contributed by atoms with Crippen LogP contribution in [0.2, 0.25) is 0 Å². The van der Waals surface area contributed by atoms with Crippen LogP contribution in [0.15, 0.2) is 64.5 Å². The molecule has 0 atom stereocenters. The molecule has 0 saturated carbocycles. The van der Waals surface area contributed by atoms with Crippen molar-refractivity contribution in [2.45, 2.75) is 0 Å². The van der Waals surface area contributed by atoms with Gasteiger partial charge in [0.25, 0.3) is 5.89 Å². The third-order valence-electron chi connectivity index (χ3n) is 3.17. The second kappa shape index (κ2) is 4.58. The van der Waals surface area contributed by atoms with Crippen molar-refractivity contribution in [2.75, 3.05) is 0 Å². The van der Waals surface area contributed by atoms with Crippen LogP contribution in [0.4, 0.5) is 0 Å². The summed E-state index contributed by atoms with van der Waals surface area (Å²) in [5, 5.41) is 7.34. The van der Waals surface area contributed by atoms with E-state index in [4.69, 9.17) is 4.52 Å². The quantitative estimate of drug-likeness (QED) is 0.537. The van der Waals surface area contributed by atoms with E-state index in [0.29, 0.717) is 11.7 Å². The zero-order valence-corrected chi connectivity index (χ0v) is 11.3. The monoisotopic (exact) mass is 278 g/mol. The second-order valence-electron chi connectivity index (χ2n) is 4.43. The molecule has 0 bridgehead atoms. The number of thiophene rings is 1. The van der Waals surface area contributed by atoms with Crippen LogP contribution in [0.5, 0.6) is 0 Å². The lowest BCUT2D eigenvalue weighted by Gasteiger charge is -1.92. The third-order valence-corrected chi connectivity index (χ3v) is 4.13. The summed E-state index contributed by atoms with van der Waals surface area (Å²) in [5.41, 5.74) is 1.96. The lowest BCUT2D eigenvalue weighted by Crippen LogP contribution is -1.79. The summed E-state index contributed by atoms with van der Waals surface area (Å²) >= 11 is 1.69. The molecule has 0 unspecified atom stereocenters. The van der Waals surface area contributed by atoms with Crippen molar-refractivity contribution in [2.24, 2.45) is 0 Å². The van der Waals surface area contributed by atoms with E-state index in [9.17, 15) is 0 Å². The van der Waals surface area contributed by atoms with E-state index in [2.05, 4.69) is 27.7 Å². The maximum Gasteiger partial charge on any atom is 0.258 e. The molecule has 0 aliphatic carbocycles. The molecule has 20 heavy (non-hydrogen) atoms. The van der Waals surface area contributed by atoms with Gasteiger partial charge in [-0.05, 0) is 18.2 Å². The first-order valence-electron chi connectivity index (χ1n) is 6.27. The predicted molar refractivity (Wildman–Crippen MR) is 80.6 cm³/mol. The van der Waals surface area contributed by atoms with Crippen LogP contribution in [-0.4, -0.2) is 10.1 Å². The fourth-order valence-electron chi connectivity index (χ4n) is 2.18. The SMILES string of the molecule is c1ccc(-c2nc(-c3csc4ccccc34)no2)cc1. The van der Waals surface area contributed by atoms with E-state index in [1.54, 1.807) is 11.3 Å². The summed E-state index contributed by atoms with van der Waals surface area (Å²) < 4.78 is 6.60. The van der Waals surface area contributed by atoms with Crippen LogP contribution >= 0.6 is 11.3 Å². The Bertz CT molecular complexity index is 864. The van der Waals surface area contributed by atoms with E-state index in [0.717, 1.165) is 16.5 Å². The molecule has 0 aliphatic heterocycles. The maximum atomic E-state index is 5.37. The molecule has 0 N–H and O–H groups in total. The normalized spacial score (nSPS) is 11.0. The molecule has 96 valence electrons. The van der Waals surface area contributed by atoms with E-state index < -0.39 is 0 Å². The van der Waals surface area contributed by atoms with Gasteiger partial charge in [0.2, 0.25) is 5.82 Å². The summed E-state index contributed by atoms with van der Waals surface area (Å²) in [6, 6.07) is 18.0. The van der Waals surface area contributed by atoms with Gasteiger partial charge in [-0.1, -0.05) is 41.6 Å². The van der Waals surface area contributed by atoms with Gasteiger partial charge in [-0.25, -0.2) is 0 Å². The van der Waals surface area contributed by atoms with Crippen LogP contribution in [0.3, 0.4) is 0 Å². The Balaban J connectivity index is 1.82. The largest absolute Gasteiger partial charge is 0.334 e. The van der Waals surface area contributed by atoms with Crippen LogP contribution < -0.4 is 0 Å². The lowest BCUT2D eigenvalue weighted by molar-refractivity contribution is 0.432. The van der Waals surface area contributed by atoms with Crippen molar-refractivity contribution < 1.29 is 4.52 Å². The van der Waals surface area contributed by atoms with Crippen LogP contribution in [0.25, 0.3) is 32.9 Å². The van der Waals surface area contributed by atoms with Gasteiger partial charge in [0.15, 0.2) is 0 Å². The van der Waals surface area contributed by atoms with Gasteiger partial charge >= 0.3 is 0 Å². The molecule has 4 aromatic rings. The van der Waals surface area contributed by atoms with Crippen molar-refractivity contribution >= 4 is 21.4 Å². The number of fused-ring (bicyclic) bond motifs is 1. The molecule has 0 aliphatic rings. The first-order chi connectivity index (χ1) is 9.92. The lowest BCUT2D eigenvalue weighted by atomic mass is 10.2. The highest BCUT2D eigenvalue weighted by Crippen LogP contribution is 2.33. The van der Waals surface area contributed by atoms with E-state index in [1.165, 1.54) is 4.70 Å². The van der Waals surface area contributed by atoms with Crippen LogP contribution in [0, 0.1) is 0 Å². The Labute approximate surface area is 119 Å². The summed E-state index contributed by atoms with van der Waals surface area (Å²) in [4.78, 5) is 4.50. The van der Waals surface area contributed by atoms with Crippen LogP contribution in [0.1, 0.15) is 0 Å². The highest BCUT2D eigenvalue weighted by atomic mass is 32.1. The second-order valence-corrected chi connectivity index (χ2v) is 5.35. The highest BCUT2D eigenvalue weighted by Gasteiger charge is 2.13. The van der Waals surface area contributed by atoms with Gasteiger partial charge in [-0.3, -0.25) is 0 Å². The zero-order valence-electron chi connectivity index (χ0n) is 10.5. The molecule has 0 spiro atoms. The molecular formula is C16H10N2OS. The van der Waals surface area contributed by atoms with Gasteiger partial charge in [0.05, 0.1) is 0 Å². The fourth-order valence-corrected chi connectivity index (χ4v) is 3.12. The molecule has 3 nitrogen and oxygen atoms in total. The van der Waals surface area contributed by atoms with E-state index in [1.807, 2.05) is 42.5 Å². The Morgan fingerprint density at radius 1 is 0.900 bits per heavy atom. The molecule has 0 amide bonds. The number of rotatable bonds is 2. The average Bonchev–Trinajstić information content (AvgIpc) is 3.14. The highest BCUT2D eigenvalue weighted by molar-refractivity contribution is 7.17. The smallest absolute Gasteiger partial charge is 0.258 e. The molecular weight excluding hydrogens is 268 g/mol. The van der Waals surface area contributed by atoms with E-state index in [-0.39, 0.29) is 0 Å². The standard InChI is InChI=1S/C16H10N2OS/c1-2-6-11(7-3-1)16-17-15(18-19-16)13-10-20-14-9-5-4-8-12(13)14/h1-10H. The summed E-state index contributed by atoms with van der Waals surface area (Å²) in [7, 11) is 0. The topological polar surface area (TPSA) is 38.9 Å². The fraction of sp³-hybridized carbons (Fsp3) is 0. The van der Waals surface area contributed by atoms with Crippen molar-refractivity contribution in [3.63, 3.8) is 0 Å². The Morgan fingerprint density at radius 3 is 2.60 bits per heavy atom. The number of nitrogens with zero attached hydrogens (tertiary/aromatic N) is 2. The minimum absolute atomic E-state index is 0.552. The molecule has 0 fully saturated rings. The van der Waals surface area contributed by atoms with Gasteiger partial charge in [0.1, 0.15) is 0 Å². The molecule has 2 aromatic carbocycles. The zero-order chi connectivity index (χ0) is 13.4. The summed E-state index contributed by atoms with van der Waals surface area (Å²) in [6.07, 6.45) is 0. The molecule has 0 saturated heterocycles. The minimum atomic E-state index is 0.552. The number of aromatic nitrogens is 2. The molecule has 4 heteroatoms. The van der Waals surface area contributed by atoms with Crippen molar-refractivity contribution in [1.82, 2.24) is 10.1 Å². The average molecular weight is 278 g/mol.